The van der Waals surface area contributed by atoms with Gasteiger partial charge >= 0.3 is 6.18 Å². The predicted molar refractivity (Wildman–Crippen MR) is 74.5 cm³/mol. The van der Waals surface area contributed by atoms with Crippen molar-refractivity contribution in [2.24, 2.45) is 11.3 Å². The Balaban J connectivity index is 2.13. The van der Waals surface area contributed by atoms with Crippen LogP contribution in [0.3, 0.4) is 0 Å². The van der Waals surface area contributed by atoms with Gasteiger partial charge in [-0.15, -0.1) is 0 Å². The molecule has 0 saturated heterocycles. The molecule has 4 N–H and O–H groups in total. The molecule has 5 nitrogen and oxygen atoms in total. The molecule has 21 heavy (non-hydrogen) atoms. The predicted octanol–water partition coefficient (Wildman–Crippen LogP) is 3.16. The van der Waals surface area contributed by atoms with Crippen LogP contribution in [0, 0.1) is 5.41 Å². The average molecular weight is 303 g/mol. The quantitative estimate of drug-likeness (QED) is 0.590. The minimum absolute atomic E-state index is 0.0593. The molecule has 1 aromatic heterocycles. The molecule has 1 saturated carbocycles. The van der Waals surface area contributed by atoms with E-state index in [0.29, 0.717) is 5.41 Å². The molecule has 0 atom stereocenters. The van der Waals surface area contributed by atoms with Crippen LogP contribution in [-0.4, -0.2) is 16.0 Å². The molecule has 0 amide bonds. The number of anilines is 2. The number of hydrogen-bond donors (Lipinski definition) is 3. The molecule has 0 spiro atoms. The first-order chi connectivity index (χ1) is 9.69. The summed E-state index contributed by atoms with van der Waals surface area (Å²) in [7, 11) is 0. The Hall–Kier alpha value is -1.57. The lowest BCUT2D eigenvalue weighted by molar-refractivity contribution is -0.144. The number of hydrogen-bond acceptors (Lipinski definition) is 5. The topological polar surface area (TPSA) is 75.9 Å². The summed E-state index contributed by atoms with van der Waals surface area (Å²) >= 11 is 0. The van der Waals surface area contributed by atoms with Gasteiger partial charge in [-0.2, -0.15) is 13.2 Å². The lowest BCUT2D eigenvalue weighted by Gasteiger charge is -2.34. The fourth-order valence-corrected chi connectivity index (χ4v) is 2.47. The highest BCUT2D eigenvalue weighted by molar-refractivity contribution is 5.47. The molecule has 0 aromatic carbocycles. The van der Waals surface area contributed by atoms with Gasteiger partial charge in [-0.05, 0) is 31.1 Å². The maximum absolute atomic E-state index is 12.7. The Morgan fingerprint density at radius 1 is 1.19 bits per heavy atom. The Bertz CT molecular complexity index is 491. The molecule has 0 radical (unpaired) electrons. The average Bonchev–Trinajstić information content (AvgIpc) is 2.40. The number of halogens is 3. The Morgan fingerprint density at radius 3 is 2.29 bits per heavy atom. The van der Waals surface area contributed by atoms with Crippen LogP contribution in [0.25, 0.3) is 0 Å². The molecule has 1 aliphatic rings. The highest BCUT2D eigenvalue weighted by Crippen LogP contribution is 2.36. The van der Waals surface area contributed by atoms with Crippen LogP contribution in [-0.2, 0) is 6.18 Å². The summed E-state index contributed by atoms with van der Waals surface area (Å²) in [6.45, 7) is 4.40. The summed E-state index contributed by atoms with van der Waals surface area (Å²) in [5, 5.41) is 3.06. The van der Waals surface area contributed by atoms with Crippen LogP contribution in [0.4, 0.5) is 24.8 Å². The summed E-state index contributed by atoms with van der Waals surface area (Å²) in [4.78, 5) is 6.87. The SMILES string of the molecule is CC1(C)CCC(Nc2cc(NN)nc(C(F)(F)F)n2)CC1. The van der Waals surface area contributed by atoms with Crippen LogP contribution in [0.15, 0.2) is 6.07 Å². The highest BCUT2D eigenvalue weighted by atomic mass is 19.4. The number of nitrogens with zero attached hydrogens (tertiary/aromatic N) is 2. The Kier molecular flexibility index (Phi) is 4.27. The van der Waals surface area contributed by atoms with Gasteiger partial charge in [0, 0.05) is 12.1 Å². The number of alkyl halides is 3. The van der Waals surface area contributed by atoms with E-state index in [1.807, 2.05) is 0 Å². The number of nitrogen functional groups attached to an aromatic ring is 1. The maximum atomic E-state index is 12.7. The van der Waals surface area contributed by atoms with Crippen molar-refractivity contribution in [3.63, 3.8) is 0 Å². The van der Waals surface area contributed by atoms with Gasteiger partial charge in [-0.25, -0.2) is 15.8 Å². The largest absolute Gasteiger partial charge is 0.451 e. The van der Waals surface area contributed by atoms with Gasteiger partial charge in [0.25, 0.3) is 0 Å². The standard InChI is InChI=1S/C13H20F3N5/c1-12(2)5-3-8(4-6-12)18-9-7-10(21-17)20-11(19-9)13(14,15)16/h7-8H,3-6,17H2,1-2H3,(H2,18,19,20,21). The lowest BCUT2D eigenvalue weighted by atomic mass is 9.75. The summed E-state index contributed by atoms with van der Waals surface area (Å²) in [6.07, 6.45) is -0.723. The summed E-state index contributed by atoms with van der Waals surface area (Å²) in [6, 6.07) is 1.51. The first kappa shape index (κ1) is 15.8. The second kappa shape index (κ2) is 5.67. The normalized spacial score (nSPS) is 19.3. The van der Waals surface area contributed by atoms with Crippen LogP contribution < -0.4 is 16.6 Å². The molecule has 1 aromatic rings. The molecule has 1 heterocycles. The fraction of sp³-hybridized carbons (Fsp3) is 0.692. The van der Waals surface area contributed by atoms with Gasteiger partial charge in [0.2, 0.25) is 5.82 Å². The van der Waals surface area contributed by atoms with Gasteiger partial charge in [0.1, 0.15) is 11.6 Å². The number of nitrogens with one attached hydrogen (secondary N) is 2. The highest BCUT2D eigenvalue weighted by Gasteiger charge is 2.36. The fourth-order valence-electron chi connectivity index (χ4n) is 2.47. The van der Waals surface area contributed by atoms with Gasteiger partial charge in [0.05, 0.1) is 0 Å². The number of hydrazine groups is 1. The van der Waals surface area contributed by atoms with E-state index in [4.69, 9.17) is 5.84 Å². The van der Waals surface area contributed by atoms with Crippen molar-refractivity contribution in [3.8, 4) is 0 Å². The molecule has 2 rings (SSSR count). The van der Waals surface area contributed by atoms with Crippen molar-refractivity contribution >= 4 is 11.6 Å². The van der Waals surface area contributed by atoms with Crippen molar-refractivity contribution in [1.82, 2.24) is 9.97 Å². The van der Waals surface area contributed by atoms with Crippen LogP contribution in [0.2, 0.25) is 0 Å². The lowest BCUT2D eigenvalue weighted by Crippen LogP contribution is -2.30. The monoisotopic (exact) mass is 303 g/mol. The number of nitrogens with two attached hydrogens (primary N) is 1. The number of rotatable bonds is 3. The van der Waals surface area contributed by atoms with Crippen LogP contribution >= 0.6 is 0 Å². The summed E-state index contributed by atoms with van der Waals surface area (Å²) < 4.78 is 38.2. The zero-order chi connectivity index (χ0) is 15.7. The van der Waals surface area contributed by atoms with Crippen molar-refractivity contribution in [1.29, 1.82) is 0 Å². The summed E-state index contributed by atoms with van der Waals surface area (Å²) in [5.41, 5.74) is 2.44. The molecule has 0 unspecified atom stereocenters. The molecule has 1 fully saturated rings. The zero-order valence-electron chi connectivity index (χ0n) is 12.1. The molecule has 118 valence electrons. The first-order valence-electron chi connectivity index (χ1n) is 6.89. The third-order valence-electron chi connectivity index (χ3n) is 3.82. The van der Waals surface area contributed by atoms with E-state index < -0.39 is 12.0 Å². The molecule has 0 aliphatic heterocycles. The summed E-state index contributed by atoms with van der Waals surface area (Å²) in [5.74, 6) is 4.06. The van der Waals surface area contributed by atoms with Gasteiger partial charge < -0.3 is 10.7 Å². The number of aromatic nitrogens is 2. The van der Waals surface area contributed by atoms with Crippen molar-refractivity contribution in [2.45, 2.75) is 51.7 Å². The van der Waals surface area contributed by atoms with Crippen LogP contribution in [0.1, 0.15) is 45.4 Å². The van der Waals surface area contributed by atoms with Crippen molar-refractivity contribution in [2.75, 3.05) is 10.7 Å². The van der Waals surface area contributed by atoms with Gasteiger partial charge in [-0.1, -0.05) is 13.8 Å². The van der Waals surface area contributed by atoms with E-state index in [9.17, 15) is 13.2 Å². The maximum Gasteiger partial charge on any atom is 0.451 e. The van der Waals surface area contributed by atoms with E-state index in [1.54, 1.807) is 0 Å². The first-order valence-corrected chi connectivity index (χ1v) is 6.89. The van der Waals surface area contributed by atoms with Crippen LogP contribution in [0.5, 0.6) is 0 Å². The Labute approximate surface area is 121 Å². The second-order valence-corrected chi connectivity index (χ2v) is 6.19. The molecule has 0 bridgehead atoms. The van der Waals surface area contributed by atoms with E-state index in [-0.39, 0.29) is 17.7 Å². The third kappa shape index (κ3) is 4.20. The molecular formula is C13H20F3N5. The van der Waals surface area contributed by atoms with E-state index in [1.165, 1.54) is 6.07 Å². The minimum Gasteiger partial charge on any atom is -0.367 e. The molecule has 8 heteroatoms. The Morgan fingerprint density at radius 2 is 1.76 bits per heavy atom. The smallest absolute Gasteiger partial charge is 0.367 e. The van der Waals surface area contributed by atoms with E-state index in [0.717, 1.165) is 25.7 Å². The molecular weight excluding hydrogens is 283 g/mol. The zero-order valence-corrected chi connectivity index (χ0v) is 12.1. The van der Waals surface area contributed by atoms with E-state index >= 15 is 0 Å². The third-order valence-corrected chi connectivity index (χ3v) is 3.82. The molecule has 1 aliphatic carbocycles. The van der Waals surface area contributed by atoms with Gasteiger partial charge in [-0.3, -0.25) is 0 Å². The van der Waals surface area contributed by atoms with E-state index in [2.05, 4.69) is 34.6 Å². The van der Waals surface area contributed by atoms with Gasteiger partial charge in [0.15, 0.2) is 0 Å². The second-order valence-electron chi connectivity index (χ2n) is 6.19. The minimum atomic E-state index is -4.60. The van der Waals surface area contributed by atoms with Crippen molar-refractivity contribution in [3.05, 3.63) is 11.9 Å². The van der Waals surface area contributed by atoms with Crippen molar-refractivity contribution < 1.29 is 13.2 Å².